The van der Waals surface area contributed by atoms with Gasteiger partial charge in [-0.05, 0) is 19.8 Å². The monoisotopic (exact) mass is 277 g/mol. The molecule has 0 atom stereocenters. The third-order valence-electron chi connectivity index (χ3n) is 3.51. The number of carbonyl (C=O) groups excluding carboxylic acids is 1. The average molecular weight is 277 g/mol. The summed E-state index contributed by atoms with van der Waals surface area (Å²) in [4.78, 5) is 13.3. The third kappa shape index (κ3) is 4.24. The summed E-state index contributed by atoms with van der Waals surface area (Å²) in [6.07, 6.45) is 3.47. The second kappa shape index (κ2) is 7.09. The van der Waals surface area contributed by atoms with E-state index in [1.807, 2.05) is 6.92 Å². The molecular weight excluding hydrogens is 254 g/mol. The molecule has 0 heterocycles. The minimum Gasteiger partial charge on any atom is -0.395 e. The van der Waals surface area contributed by atoms with Crippen LogP contribution in [0.15, 0.2) is 0 Å². The van der Waals surface area contributed by atoms with Gasteiger partial charge >= 0.3 is 0 Å². The quantitative estimate of drug-likeness (QED) is 0.738. The number of nitrogens with zero attached hydrogens (tertiary/aromatic N) is 1. The van der Waals surface area contributed by atoms with Gasteiger partial charge in [-0.15, -0.1) is 0 Å². The fourth-order valence-electron chi connectivity index (χ4n) is 2.38. The Morgan fingerprint density at radius 1 is 1.33 bits per heavy atom. The summed E-state index contributed by atoms with van der Waals surface area (Å²) in [5, 5.41) is 8.57. The van der Waals surface area contributed by atoms with E-state index in [-0.39, 0.29) is 36.5 Å². The topological polar surface area (TPSA) is 74.7 Å². The molecule has 0 spiro atoms. The van der Waals surface area contributed by atoms with Gasteiger partial charge in [0.2, 0.25) is 5.91 Å². The van der Waals surface area contributed by atoms with Crippen molar-refractivity contribution in [1.29, 1.82) is 0 Å². The Morgan fingerprint density at radius 3 is 2.44 bits per heavy atom. The predicted molar refractivity (Wildman–Crippen MR) is 70.0 cm³/mol. The largest absolute Gasteiger partial charge is 0.395 e. The third-order valence-corrected chi connectivity index (χ3v) is 5.78. The highest BCUT2D eigenvalue weighted by molar-refractivity contribution is 7.92. The van der Waals surface area contributed by atoms with Crippen LogP contribution in [0.3, 0.4) is 0 Å². The van der Waals surface area contributed by atoms with Crippen molar-refractivity contribution in [3.05, 3.63) is 0 Å². The molecule has 0 radical (unpaired) electrons. The van der Waals surface area contributed by atoms with Crippen molar-refractivity contribution in [2.45, 2.75) is 44.3 Å². The van der Waals surface area contributed by atoms with E-state index in [1.165, 1.54) is 4.90 Å². The number of sulfone groups is 1. The first-order chi connectivity index (χ1) is 8.51. The van der Waals surface area contributed by atoms with Crippen molar-refractivity contribution >= 4 is 15.7 Å². The molecule has 0 aromatic heterocycles. The highest BCUT2D eigenvalue weighted by atomic mass is 32.2. The SMILES string of the molecule is CCN(CCO)C(=O)CCS(=O)(=O)C1CCCC1. The predicted octanol–water partition coefficient (Wildman–Crippen LogP) is 0.575. The lowest BCUT2D eigenvalue weighted by Crippen LogP contribution is -2.35. The van der Waals surface area contributed by atoms with Gasteiger partial charge in [0.1, 0.15) is 0 Å². The molecule has 5 nitrogen and oxygen atoms in total. The molecule has 1 aliphatic carbocycles. The maximum absolute atomic E-state index is 12.0. The van der Waals surface area contributed by atoms with E-state index in [9.17, 15) is 13.2 Å². The van der Waals surface area contributed by atoms with Crippen LogP contribution in [0.2, 0.25) is 0 Å². The summed E-state index contributed by atoms with van der Waals surface area (Å²) >= 11 is 0. The lowest BCUT2D eigenvalue weighted by molar-refractivity contribution is -0.131. The first-order valence-electron chi connectivity index (χ1n) is 6.61. The van der Waals surface area contributed by atoms with Gasteiger partial charge in [0.05, 0.1) is 17.6 Å². The van der Waals surface area contributed by atoms with Crippen molar-refractivity contribution in [3.63, 3.8) is 0 Å². The molecule has 0 bridgehead atoms. The van der Waals surface area contributed by atoms with E-state index in [2.05, 4.69) is 0 Å². The summed E-state index contributed by atoms with van der Waals surface area (Å²) in [6, 6.07) is 0. The van der Waals surface area contributed by atoms with Crippen LogP contribution < -0.4 is 0 Å². The van der Waals surface area contributed by atoms with Crippen LogP contribution in [0, 0.1) is 0 Å². The molecule has 106 valence electrons. The Bertz CT molecular complexity index is 360. The number of likely N-dealkylation sites (N-methyl/N-ethyl adjacent to an activating group) is 1. The van der Waals surface area contributed by atoms with Crippen LogP contribution in [0.4, 0.5) is 0 Å². The molecule has 1 N–H and O–H groups in total. The molecular formula is C12H23NO4S. The van der Waals surface area contributed by atoms with Crippen molar-refractivity contribution in [3.8, 4) is 0 Å². The molecule has 6 heteroatoms. The van der Waals surface area contributed by atoms with Crippen molar-refractivity contribution < 1.29 is 18.3 Å². The van der Waals surface area contributed by atoms with Crippen LogP contribution in [0.1, 0.15) is 39.0 Å². The second-order valence-corrected chi connectivity index (χ2v) is 7.12. The molecule has 1 amide bonds. The number of hydrogen-bond acceptors (Lipinski definition) is 4. The van der Waals surface area contributed by atoms with Crippen molar-refractivity contribution in [1.82, 2.24) is 4.90 Å². The Kier molecular flexibility index (Phi) is 6.08. The summed E-state index contributed by atoms with van der Waals surface area (Å²) in [5.74, 6) is -0.244. The molecule has 0 saturated heterocycles. The minimum absolute atomic E-state index is 0.0344. The zero-order valence-corrected chi connectivity index (χ0v) is 11.8. The van der Waals surface area contributed by atoms with Gasteiger partial charge in [-0.2, -0.15) is 0 Å². The Labute approximate surface area is 109 Å². The zero-order chi connectivity index (χ0) is 13.6. The first kappa shape index (κ1) is 15.4. The van der Waals surface area contributed by atoms with Crippen LogP contribution in [0.25, 0.3) is 0 Å². The van der Waals surface area contributed by atoms with Crippen LogP contribution in [-0.2, 0) is 14.6 Å². The number of aliphatic hydroxyl groups is 1. The summed E-state index contributed by atoms with van der Waals surface area (Å²) in [7, 11) is -3.12. The summed E-state index contributed by atoms with van der Waals surface area (Å²) in [6.45, 7) is 2.51. The molecule has 1 fully saturated rings. The number of carbonyl (C=O) groups is 1. The Balaban J connectivity index is 2.45. The maximum atomic E-state index is 12.0. The van der Waals surface area contributed by atoms with E-state index in [0.29, 0.717) is 6.54 Å². The molecule has 1 aliphatic rings. The van der Waals surface area contributed by atoms with E-state index >= 15 is 0 Å². The highest BCUT2D eigenvalue weighted by Crippen LogP contribution is 2.25. The Hall–Kier alpha value is -0.620. The maximum Gasteiger partial charge on any atom is 0.223 e. The van der Waals surface area contributed by atoms with Gasteiger partial charge in [-0.25, -0.2) is 8.42 Å². The van der Waals surface area contributed by atoms with Gasteiger partial charge in [0, 0.05) is 19.5 Å². The van der Waals surface area contributed by atoms with Gasteiger partial charge < -0.3 is 10.0 Å². The number of amides is 1. The molecule has 1 rings (SSSR count). The van der Waals surface area contributed by atoms with E-state index in [0.717, 1.165) is 25.7 Å². The van der Waals surface area contributed by atoms with Gasteiger partial charge in [0.25, 0.3) is 0 Å². The fraction of sp³-hybridized carbons (Fsp3) is 0.917. The minimum atomic E-state index is -3.12. The number of hydrogen-bond donors (Lipinski definition) is 1. The molecule has 0 aliphatic heterocycles. The number of rotatable bonds is 7. The summed E-state index contributed by atoms with van der Waals surface area (Å²) in [5.41, 5.74) is 0. The lowest BCUT2D eigenvalue weighted by atomic mass is 10.4. The van der Waals surface area contributed by atoms with E-state index in [1.54, 1.807) is 0 Å². The normalized spacial score (nSPS) is 17.0. The highest BCUT2D eigenvalue weighted by Gasteiger charge is 2.29. The van der Waals surface area contributed by atoms with Gasteiger partial charge in [0.15, 0.2) is 9.84 Å². The Morgan fingerprint density at radius 2 is 1.94 bits per heavy atom. The molecule has 0 unspecified atom stereocenters. The molecule has 1 saturated carbocycles. The standard InChI is InChI=1S/C12H23NO4S/c1-2-13(8-9-14)12(15)7-10-18(16,17)11-5-3-4-6-11/h11,14H,2-10H2,1H3. The fourth-order valence-corrected chi connectivity index (χ4v) is 4.23. The van der Waals surface area contributed by atoms with Crippen molar-refractivity contribution in [2.24, 2.45) is 0 Å². The second-order valence-electron chi connectivity index (χ2n) is 4.72. The lowest BCUT2D eigenvalue weighted by Gasteiger charge is -2.20. The van der Waals surface area contributed by atoms with Crippen molar-refractivity contribution in [2.75, 3.05) is 25.4 Å². The zero-order valence-electron chi connectivity index (χ0n) is 11.0. The van der Waals surface area contributed by atoms with Crippen LogP contribution in [0.5, 0.6) is 0 Å². The van der Waals surface area contributed by atoms with Gasteiger partial charge in [-0.3, -0.25) is 4.79 Å². The summed E-state index contributed by atoms with van der Waals surface area (Å²) < 4.78 is 24.0. The molecule has 0 aromatic carbocycles. The molecule has 0 aromatic rings. The number of aliphatic hydroxyl groups excluding tert-OH is 1. The van der Waals surface area contributed by atoms with Gasteiger partial charge in [-0.1, -0.05) is 12.8 Å². The van der Waals surface area contributed by atoms with E-state index in [4.69, 9.17) is 5.11 Å². The smallest absolute Gasteiger partial charge is 0.223 e. The van der Waals surface area contributed by atoms with Crippen LogP contribution >= 0.6 is 0 Å². The average Bonchev–Trinajstić information content (AvgIpc) is 2.87. The first-order valence-corrected chi connectivity index (χ1v) is 8.33. The molecule has 18 heavy (non-hydrogen) atoms. The van der Waals surface area contributed by atoms with Crippen LogP contribution in [-0.4, -0.2) is 55.0 Å². The van der Waals surface area contributed by atoms with E-state index < -0.39 is 9.84 Å².